The number of amides is 1. The first-order valence-electron chi connectivity index (χ1n) is 7.18. The number of carbonyl (C=O) groups excluding carboxylic acids is 1. The summed E-state index contributed by atoms with van der Waals surface area (Å²) in [5, 5.41) is 6.41. The van der Waals surface area contributed by atoms with Crippen LogP contribution in [0.4, 0.5) is 0 Å². The highest BCUT2D eigenvalue weighted by atomic mass is 16.5. The molecule has 1 amide bonds. The predicted octanol–water partition coefficient (Wildman–Crippen LogP) is 1.70. The van der Waals surface area contributed by atoms with Crippen LogP contribution in [-0.2, 0) is 9.53 Å². The molecule has 1 aliphatic carbocycles. The lowest BCUT2D eigenvalue weighted by molar-refractivity contribution is -0.123. The summed E-state index contributed by atoms with van der Waals surface area (Å²) >= 11 is 0. The molecule has 1 saturated carbocycles. The van der Waals surface area contributed by atoms with Gasteiger partial charge < -0.3 is 15.4 Å². The molecule has 0 aromatic heterocycles. The number of methoxy groups -OCH3 is 1. The molecule has 0 unspecified atom stereocenters. The highest BCUT2D eigenvalue weighted by Gasteiger charge is 2.24. The molecule has 0 radical (unpaired) electrons. The highest BCUT2D eigenvalue weighted by Crippen LogP contribution is 2.23. The molecule has 0 bridgehead atoms. The van der Waals surface area contributed by atoms with Crippen molar-refractivity contribution in [2.45, 2.75) is 58.0 Å². The Morgan fingerprint density at radius 2 is 2.11 bits per heavy atom. The zero-order valence-corrected chi connectivity index (χ0v) is 12.0. The number of hydrogen-bond donors (Lipinski definition) is 2. The monoisotopic (exact) mass is 256 g/mol. The Morgan fingerprint density at radius 3 is 2.78 bits per heavy atom. The molecule has 0 spiro atoms. The molecule has 2 N–H and O–H groups in total. The Kier molecular flexibility index (Phi) is 7.28. The summed E-state index contributed by atoms with van der Waals surface area (Å²) in [6, 6.07) is 0.400. The Morgan fingerprint density at radius 1 is 1.39 bits per heavy atom. The molecule has 0 heterocycles. The van der Waals surface area contributed by atoms with Crippen LogP contribution < -0.4 is 10.6 Å². The van der Waals surface area contributed by atoms with E-state index >= 15 is 0 Å². The lowest BCUT2D eigenvalue weighted by Crippen LogP contribution is -2.49. The van der Waals surface area contributed by atoms with Gasteiger partial charge in [0, 0.05) is 26.3 Å². The van der Waals surface area contributed by atoms with Gasteiger partial charge in [-0.3, -0.25) is 4.79 Å². The van der Waals surface area contributed by atoms with Gasteiger partial charge in [-0.2, -0.15) is 0 Å². The van der Waals surface area contributed by atoms with Crippen LogP contribution in [0.1, 0.15) is 46.0 Å². The van der Waals surface area contributed by atoms with Gasteiger partial charge in [0.2, 0.25) is 5.91 Å². The van der Waals surface area contributed by atoms with Gasteiger partial charge in [0.25, 0.3) is 0 Å². The quantitative estimate of drug-likeness (QED) is 0.682. The molecule has 1 fully saturated rings. The first kappa shape index (κ1) is 15.4. The minimum absolute atomic E-state index is 0.0990. The van der Waals surface area contributed by atoms with Crippen LogP contribution >= 0.6 is 0 Å². The number of hydrogen-bond acceptors (Lipinski definition) is 3. The second-order valence-corrected chi connectivity index (χ2v) is 5.39. The molecule has 106 valence electrons. The molecule has 1 aliphatic rings. The summed E-state index contributed by atoms with van der Waals surface area (Å²) in [5.41, 5.74) is 0. The van der Waals surface area contributed by atoms with Crippen molar-refractivity contribution in [3.8, 4) is 0 Å². The second-order valence-electron chi connectivity index (χ2n) is 5.39. The average Bonchev–Trinajstić information content (AvgIpc) is 2.37. The summed E-state index contributed by atoms with van der Waals surface area (Å²) in [4.78, 5) is 11.9. The Bertz CT molecular complexity index is 246. The van der Waals surface area contributed by atoms with E-state index in [0.717, 1.165) is 6.42 Å². The van der Waals surface area contributed by atoms with Crippen molar-refractivity contribution >= 4 is 5.91 Å². The van der Waals surface area contributed by atoms with Crippen molar-refractivity contribution in [2.75, 3.05) is 20.3 Å². The minimum atomic E-state index is -0.0990. The van der Waals surface area contributed by atoms with E-state index in [1.807, 2.05) is 6.92 Å². The van der Waals surface area contributed by atoms with Gasteiger partial charge in [0.05, 0.1) is 6.04 Å². The van der Waals surface area contributed by atoms with Crippen molar-refractivity contribution in [1.82, 2.24) is 10.6 Å². The van der Waals surface area contributed by atoms with Crippen LogP contribution in [0.5, 0.6) is 0 Å². The van der Waals surface area contributed by atoms with Gasteiger partial charge in [0.1, 0.15) is 0 Å². The van der Waals surface area contributed by atoms with E-state index in [0.29, 0.717) is 25.1 Å². The molecule has 4 nitrogen and oxygen atoms in total. The van der Waals surface area contributed by atoms with Gasteiger partial charge in [-0.05, 0) is 32.1 Å². The van der Waals surface area contributed by atoms with Gasteiger partial charge in [0.15, 0.2) is 0 Å². The van der Waals surface area contributed by atoms with Crippen LogP contribution in [0.2, 0.25) is 0 Å². The van der Waals surface area contributed by atoms with Crippen LogP contribution in [0.3, 0.4) is 0 Å². The van der Waals surface area contributed by atoms with Crippen molar-refractivity contribution in [1.29, 1.82) is 0 Å². The van der Waals surface area contributed by atoms with Crippen LogP contribution in [0, 0.1) is 5.92 Å². The Labute approximate surface area is 111 Å². The molecule has 0 aromatic rings. The van der Waals surface area contributed by atoms with Crippen molar-refractivity contribution in [2.24, 2.45) is 5.92 Å². The first-order chi connectivity index (χ1) is 8.65. The Hall–Kier alpha value is -0.610. The standard InChI is InChI=1S/C14H28N2O2/c1-11-7-4-5-8-13(11)16-12(2)14(17)15-9-6-10-18-3/h11-13,16H,4-10H2,1-3H3,(H,15,17)/t11-,12+,13-/m1/s1. The van der Waals surface area contributed by atoms with Crippen LogP contribution in [-0.4, -0.2) is 38.3 Å². The molecule has 18 heavy (non-hydrogen) atoms. The maximum atomic E-state index is 11.9. The van der Waals surface area contributed by atoms with Crippen molar-refractivity contribution in [3.05, 3.63) is 0 Å². The SMILES string of the molecule is COCCCNC(=O)[C@H](C)N[C@@H]1CCCC[C@H]1C. The normalized spacial score (nSPS) is 25.7. The van der Waals surface area contributed by atoms with Gasteiger partial charge in [-0.1, -0.05) is 19.8 Å². The fraction of sp³-hybridized carbons (Fsp3) is 0.929. The molecule has 0 saturated heterocycles. The van der Waals surface area contributed by atoms with Crippen LogP contribution in [0.15, 0.2) is 0 Å². The smallest absolute Gasteiger partial charge is 0.236 e. The molecular weight excluding hydrogens is 228 g/mol. The molecule has 1 rings (SSSR count). The number of rotatable bonds is 7. The van der Waals surface area contributed by atoms with E-state index < -0.39 is 0 Å². The van der Waals surface area contributed by atoms with Gasteiger partial charge >= 0.3 is 0 Å². The van der Waals surface area contributed by atoms with E-state index in [-0.39, 0.29) is 11.9 Å². The fourth-order valence-electron chi connectivity index (χ4n) is 2.54. The maximum absolute atomic E-state index is 11.9. The zero-order chi connectivity index (χ0) is 13.4. The summed E-state index contributed by atoms with van der Waals surface area (Å²) in [6.07, 6.45) is 5.96. The third-order valence-electron chi connectivity index (χ3n) is 3.79. The Balaban J connectivity index is 2.21. The van der Waals surface area contributed by atoms with Crippen LogP contribution in [0.25, 0.3) is 0 Å². The predicted molar refractivity (Wildman–Crippen MR) is 73.5 cm³/mol. The summed E-state index contributed by atoms with van der Waals surface area (Å²) in [7, 11) is 1.68. The number of ether oxygens (including phenoxy) is 1. The minimum Gasteiger partial charge on any atom is -0.385 e. The second kappa shape index (κ2) is 8.48. The summed E-state index contributed by atoms with van der Waals surface area (Å²) < 4.78 is 4.95. The summed E-state index contributed by atoms with van der Waals surface area (Å²) in [5.74, 6) is 0.784. The lowest BCUT2D eigenvalue weighted by Gasteiger charge is -2.31. The van der Waals surface area contributed by atoms with E-state index in [9.17, 15) is 4.79 Å². The molecule has 3 atom stereocenters. The van der Waals surface area contributed by atoms with Crippen molar-refractivity contribution in [3.63, 3.8) is 0 Å². The van der Waals surface area contributed by atoms with E-state index in [1.165, 1.54) is 25.7 Å². The number of carbonyl (C=O) groups is 1. The fourth-order valence-corrected chi connectivity index (χ4v) is 2.54. The topological polar surface area (TPSA) is 50.4 Å². The maximum Gasteiger partial charge on any atom is 0.236 e. The van der Waals surface area contributed by atoms with E-state index in [1.54, 1.807) is 7.11 Å². The third-order valence-corrected chi connectivity index (χ3v) is 3.79. The lowest BCUT2D eigenvalue weighted by atomic mass is 9.85. The van der Waals surface area contributed by atoms with E-state index in [2.05, 4.69) is 17.6 Å². The average molecular weight is 256 g/mol. The van der Waals surface area contributed by atoms with Gasteiger partial charge in [-0.25, -0.2) is 0 Å². The molecule has 0 aliphatic heterocycles. The molecular formula is C14H28N2O2. The summed E-state index contributed by atoms with van der Waals surface area (Å²) in [6.45, 7) is 5.62. The van der Waals surface area contributed by atoms with Gasteiger partial charge in [-0.15, -0.1) is 0 Å². The molecule has 0 aromatic carbocycles. The first-order valence-corrected chi connectivity index (χ1v) is 7.18. The molecule has 4 heteroatoms. The highest BCUT2D eigenvalue weighted by molar-refractivity contribution is 5.81. The van der Waals surface area contributed by atoms with Crippen molar-refractivity contribution < 1.29 is 9.53 Å². The largest absolute Gasteiger partial charge is 0.385 e. The number of nitrogens with one attached hydrogen (secondary N) is 2. The third kappa shape index (κ3) is 5.36. The van der Waals surface area contributed by atoms with E-state index in [4.69, 9.17) is 4.74 Å². The zero-order valence-electron chi connectivity index (χ0n) is 12.0.